The van der Waals surface area contributed by atoms with Crippen LogP contribution in [0.4, 0.5) is 11.5 Å². The zero-order valence-electron chi connectivity index (χ0n) is 16.8. The molecule has 0 spiro atoms. The van der Waals surface area contributed by atoms with E-state index in [0.29, 0.717) is 18.1 Å². The van der Waals surface area contributed by atoms with E-state index in [1.54, 1.807) is 6.07 Å². The van der Waals surface area contributed by atoms with E-state index in [2.05, 4.69) is 46.2 Å². The van der Waals surface area contributed by atoms with Crippen LogP contribution < -0.4 is 10.2 Å². The molecule has 28 heavy (non-hydrogen) atoms. The maximum absolute atomic E-state index is 12.7. The van der Waals surface area contributed by atoms with Crippen molar-refractivity contribution < 1.29 is 4.79 Å². The van der Waals surface area contributed by atoms with E-state index in [1.807, 2.05) is 56.3 Å². The Hall–Kier alpha value is -3.21. The second-order valence-electron chi connectivity index (χ2n) is 7.19. The molecule has 2 aromatic carbocycles. The van der Waals surface area contributed by atoms with Crippen LogP contribution in [0.15, 0.2) is 60.7 Å². The van der Waals surface area contributed by atoms with Crippen LogP contribution in [0.1, 0.15) is 41.3 Å². The third-order valence-electron chi connectivity index (χ3n) is 4.48. The van der Waals surface area contributed by atoms with E-state index in [9.17, 15) is 4.79 Å². The minimum absolute atomic E-state index is 0.225. The molecule has 0 aliphatic rings. The Labute approximate surface area is 166 Å². The summed E-state index contributed by atoms with van der Waals surface area (Å²) in [5, 5.41) is 2.91. The number of carbonyl (C=O) groups excluding carboxylic acids is 1. The molecule has 3 aromatic rings. The molecule has 0 atom stereocenters. The Morgan fingerprint density at radius 2 is 1.68 bits per heavy atom. The van der Waals surface area contributed by atoms with Crippen molar-refractivity contribution in [2.45, 2.75) is 40.3 Å². The Morgan fingerprint density at radius 3 is 2.32 bits per heavy atom. The minimum Gasteiger partial charge on any atom is -0.350 e. The number of nitrogens with one attached hydrogen (secondary N) is 1. The molecule has 0 fully saturated rings. The van der Waals surface area contributed by atoms with Crippen molar-refractivity contribution in [3.63, 3.8) is 0 Å². The van der Waals surface area contributed by atoms with Gasteiger partial charge in [-0.05, 0) is 45.4 Å². The highest BCUT2D eigenvalue weighted by atomic mass is 16.1. The number of nitrogens with zero attached hydrogens (tertiary/aromatic N) is 3. The highest BCUT2D eigenvalue weighted by Crippen LogP contribution is 2.20. The second kappa shape index (κ2) is 8.65. The monoisotopic (exact) mass is 374 g/mol. The molecule has 0 radical (unpaired) electrons. The van der Waals surface area contributed by atoms with Gasteiger partial charge < -0.3 is 10.2 Å². The molecule has 0 saturated heterocycles. The molecule has 5 heteroatoms. The molecule has 144 valence electrons. The first-order valence-corrected chi connectivity index (χ1v) is 9.46. The summed E-state index contributed by atoms with van der Waals surface area (Å²) in [6, 6.07) is 19.9. The van der Waals surface area contributed by atoms with Crippen LogP contribution in [0, 0.1) is 13.8 Å². The fraction of sp³-hybridized carbons (Fsp3) is 0.261. The second-order valence-corrected chi connectivity index (χ2v) is 7.19. The molecule has 0 bridgehead atoms. The number of aromatic nitrogens is 2. The first-order valence-electron chi connectivity index (χ1n) is 9.46. The lowest BCUT2D eigenvalue weighted by molar-refractivity contribution is 0.102. The van der Waals surface area contributed by atoms with Crippen LogP contribution >= 0.6 is 0 Å². The SMILES string of the molecule is Cc1ccc(NC(=O)c2cc(N(Cc3ccccc3)C(C)C)nc(C)n2)cc1. The maximum atomic E-state index is 12.7. The van der Waals surface area contributed by atoms with Crippen LogP contribution in [0.5, 0.6) is 0 Å². The summed E-state index contributed by atoms with van der Waals surface area (Å²) in [6.07, 6.45) is 0. The molecule has 0 aliphatic heterocycles. The molecular weight excluding hydrogens is 348 g/mol. The Bertz CT molecular complexity index is 937. The van der Waals surface area contributed by atoms with Crippen LogP contribution in [0.2, 0.25) is 0 Å². The standard InChI is InChI=1S/C23H26N4O/c1-16(2)27(15-19-8-6-5-7-9-19)22-14-21(24-18(4)25-22)23(28)26-20-12-10-17(3)11-13-20/h5-14,16H,15H2,1-4H3,(H,26,28). The third kappa shape index (κ3) is 4.94. The number of hydrogen-bond donors (Lipinski definition) is 1. The van der Waals surface area contributed by atoms with Crippen LogP contribution in [-0.2, 0) is 6.54 Å². The Kier molecular flexibility index (Phi) is 6.04. The minimum atomic E-state index is -0.237. The number of anilines is 2. The van der Waals surface area contributed by atoms with Gasteiger partial charge in [-0.25, -0.2) is 9.97 Å². The summed E-state index contributed by atoms with van der Waals surface area (Å²) in [5.74, 6) is 1.09. The fourth-order valence-corrected chi connectivity index (χ4v) is 2.96. The van der Waals surface area contributed by atoms with Gasteiger partial charge in [-0.1, -0.05) is 48.0 Å². The predicted molar refractivity (Wildman–Crippen MR) is 114 cm³/mol. The fourth-order valence-electron chi connectivity index (χ4n) is 2.96. The van der Waals surface area contributed by atoms with Crippen molar-refractivity contribution in [1.82, 2.24) is 9.97 Å². The maximum Gasteiger partial charge on any atom is 0.274 e. The van der Waals surface area contributed by atoms with E-state index in [-0.39, 0.29) is 11.9 Å². The van der Waals surface area contributed by atoms with E-state index >= 15 is 0 Å². The quantitative estimate of drug-likeness (QED) is 0.676. The van der Waals surface area contributed by atoms with Gasteiger partial charge in [0.1, 0.15) is 17.3 Å². The lowest BCUT2D eigenvalue weighted by atomic mass is 10.2. The van der Waals surface area contributed by atoms with Crippen molar-refractivity contribution in [2.75, 3.05) is 10.2 Å². The van der Waals surface area contributed by atoms with Gasteiger partial charge in [0.15, 0.2) is 0 Å². The van der Waals surface area contributed by atoms with Gasteiger partial charge in [-0.3, -0.25) is 4.79 Å². The van der Waals surface area contributed by atoms with E-state index in [1.165, 1.54) is 5.56 Å². The van der Waals surface area contributed by atoms with E-state index in [4.69, 9.17) is 0 Å². The van der Waals surface area contributed by atoms with Gasteiger partial charge >= 0.3 is 0 Å². The highest BCUT2D eigenvalue weighted by molar-refractivity contribution is 6.03. The van der Waals surface area contributed by atoms with Crippen LogP contribution in [-0.4, -0.2) is 21.9 Å². The van der Waals surface area contributed by atoms with Gasteiger partial charge in [0.05, 0.1) is 0 Å². The zero-order valence-corrected chi connectivity index (χ0v) is 16.8. The molecule has 0 unspecified atom stereocenters. The lowest BCUT2D eigenvalue weighted by Gasteiger charge is -2.28. The first-order chi connectivity index (χ1) is 13.4. The van der Waals surface area contributed by atoms with E-state index in [0.717, 1.165) is 17.1 Å². The van der Waals surface area contributed by atoms with Gasteiger partial charge in [0.25, 0.3) is 5.91 Å². The van der Waals surface area contributed by atoms with Gasteiger partial charge in [0, 0.05) is 24.3 Å². The highest BCUT2D eigenvalue weighted by Gasteiger charge is 2.17. The smallest absolute Gasteiger partial charge is 0.274 e. The first kappa shape index (κ1) is 19.5. The number of rotatable bonds is 6. The summed E-state index contributed by atoms with van der Waals surface area (Å²) in [4.78, 5) is 23.8. The topological polar surface area (TPSA) is 58.1 Å². The normalized spacial score (nSPS) is 10.8. The average molecular weight is 374 g/mol. The summed E-state index contributed by atoms with van der Waals surface area (Å²) in [6.45, 7) is 8.78. The molecule has 0 aliphatic carbocycles. The molecule has 5 nitrogen and oxygen atoms in total. The van der Waals surface area contributed by atoms with Crippen molar-refractivity contribution in [3.8, 4) is 0 Å². The summed E-state index contributed by atoms with van der Waals surface area (Å²) in [5.41, 5.74) is 3.45. The molecule has 1 aromatic heterocycles. The molecular formula is C23H26N4O. The summed E-state index contributed by atoms with van der Waals surface area (Å²) < 4.78 is 0. The van der Waals surface area contributed by atoms with Gasteiger partial charge in [-0.15, -0.1) is 0 Å². The molecule has 1 amide bonds. The predicted octanol–water partition coefficient (Wildman–Crippen LogP) is 4.76. The van der Waals surface area contributed by atoms with Gasteiger partial charge in [-0.2, -0.15) is 0 Å². The lowest BCUT2D eigenvalue weighted by Crippen LogP contribution is -2.31. The number of amides is 1. The zero-order chi connectivity index (χ0) is 20.1. The summed E-state index contributed by atoms with van der Waals surface area (Å²) >= 11 is 0. The number of aryl methyl sites for hydroxylation is 2. The molecule has 1 heterocycles. The van der Waals surface area contributed by atoms with Crippen molar-refractivity contribution in [1.29, 1.82) is 0 Å². The Balaban J connectivity index is 1.86. The molecule has 1 N–H and O–H groups in total. The van der Waals surface area contributed by atoms with Crippen molar-refractivity contribution in [3.05, 3.63) is 83.3 Å². The van der Waals surface area contributed by atoms with Crippen LogP contribution in [0.3, 0.4) is 0 Å². The largest absolute Gasteiger partial charge is 0.350 e. The van der Waals surface area contributed by atoms with Crippen molar-refractivity contribution in [2.24, 2.45) is 0 Å². The number of benzene rings is 2. The van der Waals surface area contributed by atoms with Crippen molar-refractivity contribution >= 4 is 17.4 Å². The molecule has 0 saturated carbocycles. The van der Waals surface area contributed by atoms with Gasteiger partial charge in [0.2, 0.25) is 0 Å². The summed E-state index contributed by atoms with van der Waals surface area (Å²) in [7, 11) is 0. The third-order valence-corrected chi connectivity index (χ3v) is 4.48. The number of hydrogen-bond acceptors (Lipinski definition) is 4. The molecule has 3 rings (SSSR count). The Morgan fingerprint density at radius 1 is 1.00 bits per heavy atom. The van der Waals surface area contributed by atoms with Crippen LogP contribution in [0.25, 0.3) is 0 Å². The van der Waals surface area contributed by atoms with E-state index < -0.39 is 0 Å². The average Bonchev–Trinajstić information content (AvgIpc) is 2.68. The number of carbonyl (C=O) groups is 1.